The molecule has 1 atom stereocenters. The van der Waals surface area contributed by atoms with Gasteiger partial charge < -0.3 is 10.4 Å². The number of hydrogen-bond acceptors (Lipinski definition) is 4. The van der Waals surface area contributed by atoms with Gasteiger partial charge >= 0.3 is 0 Å². The molecule has 0 saturated heterocycles. The van der Waals surface area contributed by atoms with Crippen LogP contribution in [0, 0.1) is 17.0 Å². The number of rotatable bonds is 5. The minimum atomic E-state index is -0.867. The van der Waals surface area contributed by atoms with Gasteiger partial charge in [0.15, 0.2) is 0 Å². The maximum absolute atomic E-state index is 12.1. The zero-order chi connectivity index (χ0) is 16.1. The van der Waals surface area contributed by atoms with Crippen molar-refractivity contribution in [2.75, 3.05) is 6.54 Å². The predicted octanol–water partition coefficient (Wildman–Crippen LogP) is 2.37. The number of para-hydroxylation sites is 1. The second-order valence-electron chi connectivity index (χ2n) is 4.86. The number of amides is 1. The first-order valence-corrected chi connectivity index (χ1v) is 6.76. The van der Waals surface area contributed by atoms with Crippen LogP contribution >= 0.6 is 0 Å². The van der Waals surface area contributed by atoms with Crippen LogP contribution in [0.2, 0.25) is 0 Å². The van der Waals surface area contributed by atoms with E-state index in [9.17, 15) is 20.0 Å². The van der Waals surface area contributed by atoms with Crippen molar-refractivity contribution < 1.29 is 14.8 Å². The lowest BCUT2D eigenvalue weighted by Gasteiger charge is -2.12. The summed E-state index contributed by atoms with van der Waals surface area (Å²) in [5.41, 5.74) is 0.863. The maximum atomic E-state index is 12.1. The fourth-order valence-electron chi connectivity index (χ4n) is 2.16. The van der Waals surface area contributed by atoms with E-state index >= 15 is 0 Å². The molecular formula is C16H16N2O4. The molecule has 0 aliphatic rings. The number of nitrogens with one attached hydrogen (secondary N) is 1. The Kier molecular flexibility index (Phi) is 4.85. The summed E-state index contributed by atoms with van der Waals surface area (Å²) >= 11 is 0. The Hall–Kier alpha value is -2.73. The van der Waals surface area contributed by atoms with Crippen molar-refractivity contribution in [3.05, 3.63) is 75.3 Å². The van der Waals surface area contributed by atoms with Gasteiger partial charge in [-0.15, -0.1) is 0 Å². The molecule has 6 nitrogen and oxygen atoms in total. The Balaban J connectivity index is 2.11. The van der Waals surface area contributed by atoms with Crippen LogP contribution in [-0.2, 0) is 0 Å². The van der Waals surface area contributed by atoms with E-state index in [4.69, 9.17) is 0 Å². The first kappa shape index (κ1) is 15.7. The minimum Gasteiger partial charge on any atom is -0.387 e. The van der Waals surface area contributed by atoms with Crippen molar-refractivity contribution in [2.24, 2.45) is 0 Å². The molecule has 22 heavy (non-hydrogen) atoms. The molecule has 0 fully saturated rings. The molecule has 114 valence electrons. The summed E-state index contributed by atoms with van der Waals surface area (Å²) in [6.45, 7) is 1.56. The molecule has 1 amide bonds. The molecule has 0 aromatic heterocycles. The van der Waals surface area contributed by atoms with Crippen LogP contribution in [0.1, 0.15) is 27.6 Å². The summed E-state index contributed by atoms with van der Waals surface area (Å²) in [7, 11) is 0. The molecule has 0 spiro atoms. The molecule has 0 saturated carbocycles. The van der Waals surface area contributed by atoms with Gasteiger partial charge in [0.05, 0.1) is 11.0 Å². The van der Waals surface area contributed by atoms with Crippen molar-refractivity contribution in [1.29, 1.82) is 0 Å². The van der Waals surface area contributed by atoms with E-state index in [1.807, 2.05) is 6.07 Å². The van der Waals surface area contributed by atoms with Gasteiger partial charge in [0.25, 0.3) is 11.6 Å². The van der Waals surface area contributed by atoms with Crippen LogP contribution in [0.15, 0.2) is 48.5 Å². The highest BCUT2D eigenvalue weighted by atomic mass is 16.6. The van der Waals surface area contributed by atoms with Crippen LogP contribution in [0.4, 0.5) is 5.69 Å². The third kappa shape index (κ3) is 3.48. The zero-order valence-electron chi connectivity index (χ0n) is 12.0. The molecule has 2 N–H and O–H groups in total. The van der Waals surface area contributed by atoms with Crippen LogP contribution in [0.3, 0.4) is 0 Å². The zero-order valence-corrected chi connectivity index (χ0v) is 12.0. The second kappa shape index (κ2) is 6.82. The number of carbonyl (C=O) groups excluding carboxylic acids is 1. The van der Waals surface area contributed by atoms with Crippen molar-refractivity contribution in [3.8, 4) is 0 Å². The van der Waals surface area contributed by atoms with E-state index in [0.717, 1.165) is 0 Å². The SMILES string of the molecule is Cc1cccc(C(=O)NC[C@@H](O)c2ccccc2)c1[N+](=O)[O-]. The standard InChI is InChI=1S/C16H16N2O4/c1-11-6-5-9-13(15(11)18(21)22)16(20)17-10-14(19)12-7-3-2-4-8-12/h2-9,14,19H,10H2,1H3,(H,17,20)/t14-/m1/s1. The predicted molar refractivity (Wildman–Crippen MR) is 81.6 cm³/mol. The molecule has 2 rings (SSSR count). The fourth-order valence-corrected chi connectivity index (χ4v) is 2.16. The summed E-state index contributed by atoms with van der Waals surface area (Å²) in [4.78, 5) is 22.6. The molecular weight excluding hydrogens is 284 g/mol. The van der Waals surface area contributed by atoms with E-state index in [1.165, 1.54) is 6.07 Å². The quantitative estimate of drug-likeness (QED) is 0.655. The molecule has 0 unspecified atom stereocenters. The number of carbonyl (C=O) groups is 1. The number of aliphatic hydroxyl groups is 1. The van der Waals surface area contributed by atoms with Crippen molar-refractivity contribution in [2.45, 2.75) is 13.0 Å². The van der Waals surface area contributed by atoms with Crippen LogP contribution in [0.5, 0.6) is 0 Å². The van der Waals surface area contributed by atoms with Gasteiger partial charge in [0.2, 0.25) is 0 Å². The van der Waals surface area contributed by atoms with E-state index in [0.29, 0.717) is 11.1 Å². The molecule has 0 aliphatic heterocycles. The smallest absolute Gasteiger partial charge is 0.285 e. The number of nitro benzene ring substituents is 1. The molecule has 0 heterocycles. The van der Waals surface area contributed by atoms with Crippen molar-refractivity contribution >= 4 is 11.6 Å². The van der Waals surface area contributed by atoms with Crippen LogP contribution in [0.25, 0.3) is 0 Å². The third-order valence-corrected chi connectivity index (χ3v) is 3.31. The molecule has 0 radical (unpaired) electrons. The topological polar surface area (TPSA) is 92.5 Å². The van der Waals surface area contributed by atoms with E-state index in [1.54, 1.807) is 43.3 Å². The second-order valence-corrected chi connectivity index (χ2v) is 4.86. The summed E-state index contributed by atoms with van der Waals surface area (Å²) < 4.78 is 0. The monoisotopic (exact) mass is 300 g/mol. The molecule has 6 heteroatoms. The summed E-state index contributed by atoms with van der Waals surface area (Å²) in [6.07, 6.45) is -0.867. The summed E-state index contributed by atoms with van der Waals surface area (Å²) in [5, 5.41) is 23.6. The van der Waals surface area contributed by atoms with Crippen molar-refractivity contribution in [1.82, 2.24) is 5.32 Å². The minimum absolute atomic E-state index is 0.00902. The van der Waals surface area contributed by atoms with Gasteiger partial charge in [-0.2, -0.15) is 0 Å². The number of aliphatic hydroxyl groups excluding tert-OH is 1. The van der Waals surface area contributed by atoms with Gasteiger partial charge in [-0.05, 0) is 18.6 Å². The Morgan fingerprint density at radius 3 is 2.55 bits per heavy atom. The number of nitrogens with zero attached hydrogens (tertiary/aromatic N) is 1. The lowest BCUT2D eigenvalue weighted by molar-refractivity contribution is -0.385. The lowest BCUT2D eigenvalue weighted by Crippen LogP contribution is -2.29. The molecule has 2 aromatic rings. The number of nitro groups is 1. The van der Waals surface area contributed by atoms with E-state index in [2.05, 4.69) is 5.32 Å². The van der Waals surface area contributed by atoms with Gasteiger partial charge in [0, 0.05) is 12.1 Å². The maximum Gasteiger partial charge on any atom is 0.285 e. The Morgan fingerprint density at radius 1 is 1.23 bits per heavy atom. The first-order valence-electron chi connectivity index (χ1n) is 6.76. The van der Waals surface area contributed by atoms with Crippen molar-refractivity contribution in [3.63, 3.8) is 0 Å². The molecule has 2 aromatic carbocycles. The lowest BCUT2D eigenvalue weighted by atomic mass is 10.1. The van der Waals surface area contributed by atoms with Gasteiger partial charge in [-0.1, -0.05) is 42.5 Å². The fraction of sp³-hybridized carbons (Fsp3) is 0.188. The van der Waals surface area contributed by atoms with E-state index < -0.39 is 16.9 Å². The highest BCUT2D eigenvalue weighted by molar-refractivity contribution is 5.98. The van der Waals surface area contributed by atoms with Gasteiger partial charge in [-0.3, -0.25) is 14.9 Å². The normalized spacial score (nSPS) is 11.7. The van der Waals surface area contributed by atoms with Crippen LogP contribution in [-0.4, -0.2) is 22.5 Å². The number of aryl methyl sites for hydroxylation is 1. The average molecular weight is 300 g/mol. The summed E-state index contributed by atoms with van der Waals surface area (Å²) in [5.74, 6) is -0.578. The molecule has 0 bridgehead atoms. The van der Waals surface area contributed by atoms with Crippen LogP contribution < -0.4 is 5.32 Å². The highest BCUT2D eigenvalue weighted by Crippen LogP contribution is 2.23. The number of hydrogen-bond donors (Lipinski definition) is 2. The Labute approximate surface area is 127 Å². The Morgan fingerprint density at radius 2 is 1.91 bits per heavy atom. The van der Waals surface area contributed by atoms with Gasteiger partial charge in [-0.25, -0.2) is 0 Å². The average Bonchev–Trinajstić information content (AvgIpc) is 2.52. The Bertz CT molecular complexity index is 686. The van der Waals surface area contributed by atoms with E-state index in [-0.39, 0.29) is 17.8 Å². The third-order valence-electron chi connectivity index (χ3n) is 3.31. The molecule has 0 aliphatic carbocycles. The highest BCUT2D eigenvalue weighted by Gasteiger charge is 2.22. The summed E-state index contributed by atoms with van der Waals surface area (Å²) in [6, 6.07) is 13.4. The first-order chi connectivity index (χ1) is 10.5. The number of benzene rings is 2. The largest absolute Gasteiger partial charge is 0.387 e. The van der Waals surface area contributed by atoms with Gasteiger partial charge in [0.1, 0.15) is 5.56 Å².